The zero-order valence-electron chi connectivity index (χ0n) is 11.8. The second kappa shape index (κ2) is 7.57. The fourth-order valence-corrected chi connectivity index (χ4v) is 2.27. The Hall–Kier alpha value is -2.17. The van der Waals surface area contributed by atoms with E-state index in [2.05, 4.69) is 5.32 Å². The van der Waals surface area contributed by atoms with Gasteiger partial charge < -0.3 is 16.2 Å². The quantitative estimate of drug-likeness (QED) is 0.755. The number of amides is 1. The molecule has 2 rings (SSSR count). The second-order valence-corrected chi connectivity index (χ2v) is 4.82. The van der Waals surface area contributed by atoms with E-state index in [4.69, 9.17) is 5.73 Å². The van der Waals surface area contributed by atoms with Crippen molar-refractivity contribution in [3.05, 3.63) is 71.3 Å². The van der Waals surface area contributed by atoms with Crippen molar-refractivity contribution >= 4 is 5.91 Å². The van der Waals surface area contributed by atoms with E-state index in [1.165, 1.54) is 0 Å². The molecule has 21 heavy (non-hydrogen) atoms. The SMILES string of the molecule is NCCc1ccccc1C(=O)N[C@@H](CO)c1ccccc1. The van der Waals surface area contributed by atoms with Crippen molar-refractivity contribution < 1.29 is 9.90 Å². The predicted octanol–water partition coefficient (Wildman–Crippen LogP) is 1.65. The fraction of sp³-hybridized carbons (Fsp3) is 0.235. The number of nitrogens with two attached hydrogens (primary N) is 1. The van der Waals surface area contributed by atoms with Gasteiger partial charge in [-0.05, 0) is 30.2 Å². The number of hydrogen-bond donors (Lipinski definition) is 3. The average Bonchev–Trinajstić information content (AvgIpc) is 2.54. The Balaban J connectivity index is 2.17. The molecule has 0 bridgehead atoms. The Morgan fingerprint density at radius 1 is 1.10 bits per heavy atom. The largest absolute Gasteiger partial charge is 0.394 e. The number of aliphatic hydroxyl groups excluding tert-OH is 1. The highest BCUT2D eigenvalue weighted by Gasteiger charge is 2.16. The molecule has 0 spiro atoms. The first kappa shape index (κ1) is 15.2. The molecule has 2 aromatic rings. The van der Waals surface area contributed by atoms with Gasteiger partial charge in [0.2, 0.25) is 0 Å². The molecule has 1 atom stereocenters. The van der Waals surface area contributed by atoms with E-state index in [0.29, 0.717) is 18.5 Å². The van der Waals surface area contributed by atoms with Crippen molar-refractivity contribution in [2.24, 2.45) is 5.73 Å². The molecule has 0 heterocycles. The summed E-state index contributed by atoms with van der Waals surface area (Å²) < 4.78 is 0. The molecule has 110 valence electrons. The summed E-state index contributed by atoms with van der Waals surface area (Å²) in [6, 6.07) is 16.4. The van der Waals surface area contributed by atoms with Gasteiger partial charge in [-0.1, -0.05) is 48.5 Å². The summed E-state index contributed by atoms with van der Waals surface area (Å²) in [5.41, 5.74) is 7.98. The zero-order chi connectivity index (χ0) is 15.1. The lowest BCUT2D eigenvalue weighted by atomic mass is 10.0. The van der Waals surface area contributed by atoms with E-state index >= 15 is 0 Å². The van der Waals surface area contributed by atoms with Crippen LogP contribution in [0.3, 0.4) is 0 Å². The van der Waals surface area contributed by atoms with Crippen molar-refractivity contribution in [1.29, 1.82) is 0 Å². The third-order valence-corrected chi connectivity index (χ3v) is 3.37. The molecule has 1 amide bonds. The number of benzene rings is 2. The van der Waals surface area contributed by atoms with Crippen LogP contribution in [0, 0.1) is 0 Å². The van der Waals surface area contributed by atoms with E-state index in [0.717, 1.165) is 11.1 Å². The zero-order valence-corrected chi connectivity index (χ0v) is 11.8. The van der Waals surface area contributed by atoms with Crippen molar-refractivity contribution in [3.63, 3.8) is 0 Å². The maximum Gasteiger partial charge on any atom is 0.252 e. The molecule has 2 aromatic carbocycles. The van der Waals surface area contributed by atoms with Gasteiger partial charge >= 0.3 is 0 Å². The Morgan fingerprint density at radius 2 is 1.76 bits per heavy atom. The molecule has 4 N–H and O–H groups in total. The van der Waals surface area contributed by atoms with E-state index < -0.39 is 6.04 Å². The maximum absolute atomic E-state index is 12.4. The van der Waals surface area contributed by atoms with Gasteiger partial charge in [0.25, 0.3) is 5.91 Å². The highest BCUT2D eigenvalue weighted by Crippen LogP contribution is 2.15. The summed E-state index contributed by atoms with van der Waals surface area (Å²) in [5, 5.41) is 12.4. The molecular formula is C17H20N2O2. The van der Waals surface area contributed by atoms with E-state index in [1.54, 1.807) is 6.07 Å². The Bertz CT molecular complexity index is 584. The Morgan fingerprint density at radius 3 is 2.43 bits per heavy atom. The summed E-state index contributed by atoms with van der Waals surface area (Å²) in [6.45, 7) is 0.348. The molecular weight excluding hydrogens is 264 g/mol. The molecule has 0 aliphatic rings. The predicted molar refractivity (Wildman–Crippen MR) is 82.9 cm³/mol. The van der Waals surface area contributed by atoms with Gasteiger partial charge in [-0.3, -0.25) is 4.79 Å². The molecule has 0 fully saturated rings. The van der Waals surface area contributed by atoms with Gasteiger partial charge in [-0.2, -0.15) is 0 Å². The molecule has 0 aliphatic carbocycles. The molecule has 0 saturated heterocycles. The molecule has 0 aromatic heterocycles. The Kier molecular flexibility index (Phi) is 5.49. The van der Waals surface area contributed by atoms with E-state index in [9.17, 15) is 9.90 Å². The van der Waals surface area contributed by atoms with Crippen molar-refractivity contribution in [2.45, 2.75) is 12.5 Å². The number of aliphatic hydroxyl groups is 1. The number of carbonyl (C=O) groups is 1. The van der Waals surface area contributed by atoms with Crippen LogP contribution >= 0.6 is 0 Å². The molecule has 0 radical (unpaired) electrons. The van der Waals surface area contributed by atoms with Gasteiger partial charge in [-0.25, -0.2) is 0 Å². The topological polar surface area (TPSA) is 75.4 Å². The number of carbonyl (C=O) groups excluding carboxylic acids is 1. The van der Waals surface area contributed by atoms with Crippen LogP contribution in [0.15, 0.2) is 54.6 Å². The summed E-state index contributed by atoms with van der Waals surface area (Å²) >= 11 is 0. The minimum Gasteiger partial charge on any atom is -0.394 e. The van der Waals surface area contributed by atoms with Crippen LogP contribution < -0.4 is 11.1 Å². The number of rotatable bonds is 6. The molecule has 0 aliphatic heterocycles. The van der Waals surface area contributed by atoms with Crippen LogP contribution in [-0.2, 0) is 6.42 Å². The summed E-state index contributed by atoms with van der Waals surface area (Å²) in [6.07, 6.45) is 0.652. The van der Waals surface area contributed by atoms with Crippen molar-refractivity contribution in [3.8, 4) is 0 Å². The summed E-state index contributed by atoms with van der Waals surface area (Å²) in [5.74, 6) is -0.193. The highest BCUT2D eigenvalue weighted by atomic mass is 16.3. The first-order valence-electron chi connectivity index (χ1n) is 7.01. The Labute approximate surface area is 124 Å². The number of hydrogen-bond acceptors (Lipinski definition) is 3. The van der Waals surface area contributed by atoms with E-state index in [1.807, 2.05) is 48.5 Å². The van der Waals surface area contributed by atoms with Crippen molar-refractivity contribution in [2.75, 3.05) is 13.2 Å². The van der Waals surface area contributed by atoms with Gasteiger partial charge in [0, 0.05) is 5.56 Å². The third kappa shape index (κ3) is 3.90. The minimum atomic E-state index is -0.412. The summed E-state index contributed by atoms with van der Waals surface area (Å²) in [7, 11) is 0. The first-order valence-corrected chi connectivity index (χ1v) is 7.01. The molecule has 4 nitrogen and oxygen atoms in total. The first-order chi connectivity index (χ1) is 10.3. The van der Waals surface area contributed by atoms with Gasteiger partial charge in [0.1, 0.15) is 0 Å². The van der Waals surface area contributed by atoms with Crippen LogP contribution in [0.4, 0.5) is 0 Å². The van der Waals surface area contributed by atoms with Gasteiger partial charge in [-0.15, -0.1) is 0 Å². The standard InChI is InChI=1S/C17H20N2O2/c18-11-10-13-6-4-5-9-15(13)17(21)19-16(12-20)14-7-2-1-3-8-14/h1-9,16,20H,10-12,18H2,(H,19,21)/t16-/m0/s1. The maximum atomic E-state index is 12.4. The van der Waals surface area contributed by atoms with Crippen LogP contribution in [0.5, 0.6) is 0 Å². The smallest absolute Gasteiger partial charge is 0.252 e. The van der Waals surface area contributed by atoms with Crippen molar-refractivity contribution in [1.82, 2.24) is 5.32 Å². The lowest BCUT2D eigenvalue weighted by Crippen LogP contribution is -2.31. The fourth-order valence-electron chi connectivity index (χ4n) is 2.27. The number of nitrogens with one attached hydrogen (secondary N) is 1. The normalized spacial score (nSPS) is 11.9. The third-order valence-electron chi connectivity index (χ3n) is 3.37. The van der Waals surface area contributed by atoms with E-state index in [-0.39, 0.29) is 12.5 Å². The van der Waals surface area contributed by atoms with Gasteiger partial charge in [0.05, 0.1) is 12.6 Å². The molecule has 0 saturated carbocycles. The molecule has 4 heteroatoms. The van der Waals surface area contributed by atoms with Crippen LogP contribution in [0.1, 0.15) is 27.5 Å². The second-order valence-electron chi connectivity index (χ2n) is 4.82. The molecule has 0 unspecified atom stereocenters. The lowest BCUT2D eigenvalue weighted by molar-refractivity contribution is 0.0915. The average molecular weight is 284 g/mol. The van der Waals surface area contributed by atoms with Crippen LogP contribution in [0.25, 0.3) is 0 Å². The highest BCUT2D eigenvalue weighted by molar-refractivity contribution is 5.96. The lowest BCUT2D eigenvalue weighted by Gasteiger charge is -2.18. The monoisotopic (exact) mass is 284 g/mol. The van der Waals surface area contributed by atoms with Gasteiger partial charge in [0.15, 0.2) is 0 Å². The van der Waals surface area contributed by atoms with Crippen LogP contribution in [-0.4, -0.2) is 24.2 Å². The summed E-state index contributed by atoms with van der Waals surface area (Å²) in [4.78, 5) is 12.4. The van der Waals surface area contributed by atoms with Crippen LogP contribution in [0.2, 0.25) is 0 Å². The minimum absolute atomic E-state index is 0.144.